The van der Waals surface area contributed by atoms with Gasteiger partial charge in [0.15, 0.2) is 16.3 Å². The minimum absolute atomic E-state index is 0.203. The first-order valence-corrected chi connectivity index (χ1v) is 12.3. The number of rotatable bonds is 7. The Balaban J connectivity index is 1.92. The maximum Gasteiger partial charge on any atom is 0.338 e. The third-order valence-electron chi connectivity index (χ3n) is 5.50. The summed E-state index contributed by atoms with van der Waals surface area (Å²) in [5, 5.41) is 0.444. The number of fused-ring (bicyclic) bond motifs is 1. The highest BCUT2D eigenvalue weighted by molar-refractivity contribution is 7.07. The Kier molecular flexibility index (Phi) is 7.42. The zero-order chi connectivity index (χ0) is 25.1. The second-order valence-electron chi connectivity index (χ2n) is 7.67. The van der Waals surface area contributed by atoms with Crippen LogP contribution in [-0.4, -0.2) is 30.9 Å². The quantitative estimate of drug-likeness (QED) is 0.449. The maximum absolute atomic E-state index is 13.7. The van der Waals surface area contributed by atoms with E-state index in [1.807, 2.05) is 25.1 Å². The van der Waals surface area contributed by atoms with Crippen LogP contribution in [0.15, 0.2) is 63.5 Å². The molecule has 2 aromatic carbocycles. The minimum Gasteiger partial charge on any atom is -0.493 e. The van der Waals surface area contributed by atoms with Gasteiger partial charge in [-0.15, -0.1) is 0 Å². The molecule has 1 atom stereocenters. The summed E-state index contributed by atoms with van der Waals surface area (Å²) in [6, 6.07) is 11.9. The lowest BCUT2D eigenvalue weighted by molar-refractivity contribution is -0.139. The molecule has 1 aliphatic heterocycles. The summed E-state index contributed by atoms with van der Waals surface area (Å²) in [6.45, 7) is 6.09. The molecule has 1 unspecified atom stereocenters. The molecule has 182 valence electrons. The Labute approximate surface area is 211 Å². The highest BCUT2D eigenvalue weighted by Crippen LogP contribution is 2.34. The molecule has 0 amide bonds. The average molecular weight is 513 g/mol. The number of hydrogen-bond donors (Lipinski definition) is 0. The van der Waals surface area contributed by atoms with Gasteiger partial charge in [0.1, 0.15) is 6.04 Å². The van der Waals surface area contributed by atoms with E-state index in [4.69, 9.17) is 25.8 Å². The molecule has 0 fully saturated rings. The first kappa shape index (κ1) is 24.8. The van der Waals surface area contributed by atoms with Gasteiger partial charge in [0.2, 0.25) is 0 Å². The van der Waals surface area contributed by atoms with Gasteiger partial charge in [-0.2, -0.15) is 0 Å². The molecule has 0 spiro atoms. The molecule has 9 heteroatoms. The molecule has 1 aromatic heterocycles. The fourth-order valence-electron chi connectivity index (χ4n) is 3.98. The number of allylic oxidation sites excluding steroid dienone is 1. The minimum atomic E-state index is -0.754. The van der Waals surface area contributed by atoms with E-state index in [9.17, 15) is 9.59 Å². The summed E-state index contributed by atoms with van der Waals surface area (Å²) in [7, 11) is 1.57. The van der Waals surface area contributed by atoms with Crippen LogP contribution in [-0.2, 0) is 9.53 Å². The Morgan fingerprint density at radius 1 is 1.17 bits per heavy atom. The van der Waals surface area contributed by atoms with Crippen molar-refractivity contribution in [1.82, 2.24) is 4.57 Å². The second kappa shape index (κ2) is 10.5. The first-order valence-electron chi connectivity index (χ1n) is 11.1. The van der Waals surface area contributed by atoms with E-state index in [2.05, 4.69) is 4.99 Å². The predicted molar refractivity (Wildman–Crippen MR) is 136 cm³/mol. The monoisotopic (exact) mass is 512 g/mol. The molecule has 0 aliphatic carbocycles. The van der Waals surface area contributed by atoms with Crippen molar-refractivity contribution in [1.29, 1.82) is 0 Å². The highest BCUT2D eigenvalue weighted by Gasteiger charge is 2.34. The number of nitrogens with zero attached hydrogens (tertiary/aromatic N) is 2. The van der Waals surface area contributed by atoms with E-state index < -0.39 is 12.0 Å². The Hall–Kier alpha value is -3.36. The van der Waals surface area contributed by atoms with Crippen LogP contribution in [0.5, 0.6) is 11.5 Å². The molecule has 7 nitrogen and oxygen atoms in total. The molecule has 0 bridgehead atoms. The summed E-state index contributed by atoms with van der Waals surface area (Å²) in [5.74, 6) is 0.675. The first-order chi connectivity index (χ1) is 16.9. The Morgan fingerprint density at radius 2 is 1.94 bits per heavy atom. The van der Waals surface area contributed by atoms with Crippen LogP contribution in [0.1, 0.15) is 37.9 Å². The molecule has 0 N–H and O–H groups in total. The van der Waals surface area contributed by atoms with Crippen LogP contribution in [0.25, 0.3) is 6.08 Å². The summed E-state index contributed by atoms with van der Waals surface area (Å²) in [4.78, 5) is 31.7. The van der Waals surface area contributed by atoms with Crippen molar-refractivity contribution in [2.45, 2.75) is 26.8 Å². The molecule has 1 aliphatic rings. The molecular formula is C26H25ClN2O5S. The van der Waals surface area contributed by atoms with Crippen LogP contribution in [0.3, 0.4) is 0 Å². The zero-order valence-electron chi connectivity index (χ0n) is 19.8. The fourth-order valence-corrected chi connectivity index (χ4v) is 5.27. The number of thiazole rings is 1. The summed E-state index contributed by atoms with van der Waals surface area (Å²) in [6.07, 6.45) is 1.77. The normalized spacial score (nSPS) is 15.5. The average Bonchev–Trinajstić information content (AvgIpc) is 3.14. The number of carbonyl (C=O) groups is 1. The number of halogens is 1. The Morgan fingerprint density at radius 3 is 2.63 bits per heavy atom. The number of esters is 1. The van der Waals surface area contributed by atoms with Gasteiger partial charge < -0.3 is 14.2 Å². The van der Waals surface area contributed by atoms with Crippen LogP contribution in [0.4, 0.5) is 0 Å². The Bertz CT molecular complexity index is 1490. The largest absolute Gasteiger partial charge is 0.493 e. The van der Waals surface area contributed by atoms with Gasteiger partial charge in [-0.05, 0) is 56.2 Å². The molecular weight excluding hydrogens is 488 g/mol. The molecule has 4 rings (SSSR count). The number of aromatic nitrogens is 1. The molecule has 0 radical (unpaired) electrons. The van der Waals surface area contributed by atoms with Crippen molar-refractivity contribution >= 4 is 35.0 Å². The van der Waals surface area contributed by atoms with Gasteiger partial charge in [0, 0.05) is 5.02 Å². The predicted octanol–water partition coefficient (Wildman–Crippen LogP) is 3.86. The lowest BCUT2D eigenvalue weighted by Crippen LogP contribution is -2.40. The van der Waals surface area contributed by atoms with E-state index in [-0.39, 0.29) is 12.2 Å². The van der Waals surface area contributed by atoms with Gasteiger partial charge in [-0.3, -0.25) is 9.36 Å². The molecule has 3 aromatic rings. The van der Waals surface area contributed by atoms with Crippen molar-refractivity contribution in [3.05, 3.63) is 89.6 Å². The molecule has 0 saturated heterocycles. The van der Waals surface area contributed by atoms with Gasteiger partial charge in [0.25, 0.3) is 5.56 Å². The van der Waals surface area contributed by atoms with Gasteiger partial charge >= 0.3 is 5.97 Å². The van der Waals surface area contributed by atoms with Gasteiger partial charge in [0.05, 0.1) is 36.1 Å². The van der Waals surface area contributed by atoms with Crippen LogP contribution >= 0.6 is 22.9 Å². The van der Waals surface area contributed by atoms with Gasteiger partial charge in [-0.25, -0.2) is 9.79 Å². The third kappa shape index (κ3) is 4.76. The summed E-state index contributed by atoms with van der Waals surface area (Å²) in [5.41, 5.74) is 1.90. The second-order valence-corrected chi connectivity index (χ2v) is 9.08. The number of carbonyl (C=O) groups excluding carboxylic acids is 1. The standard InChI is InChI=1S/C26H25ClN2O5S/c1-5-33-19-12-11-16(13-20(19)32-4)14-21-24(30)29-23(17-9-7-8-10-18(17)27)22(25(31)34-6-2)15(3)28-26(29)35-21/h7-14,23H,5-6H2,1-4H3/b21-14-. The maximum atomic E-state index is 13.7. The number of ether oxygens (including phenoxy) is 3. The smallest absolute Gasteiger partial charge is 0.338 e. The fraction of sp³-hybridized carbons (Fsp3) is 0.269. The van der Waals surface area contributed by atoms with Crippen molar-refractivity contribution in [2.24, 2.45) is 4.99 Å². The highest BCUT2D eigenvalue weighted by atomic mass is 35.5. The lowest BCUT2D eigenvalue weighted by Gasteiger charge is -2.25. The molecule has 35 heavy (non-hydrogen) atoms. The SMILES string of the molecule is CCOC(=O)C1=C(C)N=c2s/c(=C\c3ccc(OCC)c(OC)c3)c(=O)n2C1c1ccccc1Cl. The molecule has 2 heterocycles. The third-order valence-corrected chi connectivity index (χ3v) is 6.83. The van der Waals surface area contributed by atoms with E-state index in [0.29, 0.717) is 49.3 Å². The van der Waals surface area contributed by atoms with Gasteiger partial charge in [-0.1, -0.05) is 47.2 Å². The van der Waals surface area contributed by atoms with Crippen LogP contribution < -0.4 is 24.4 Å². The lowest BCUT2D eigenvalue weighted by atomic mass is 9.96. The zero-order valence-corrected chi connectivity index (χ0v) is 21.4. The summed E-state index contributed by atoms with van der Waals surface area (Å²) < 4.78 is 18.3. The topological polar surface area (TPSA) is 79.1 Å². The van der Waals surface area contributed by atoms with E-state index >= 15 is 0 Å². The van der Waals surface area contributed by atoms with E-state index in [1.54, 1.807) is 51.3 Å². The van der Waals surface area contributed by atoms with Crippen molar-refractivity contribution in [3.8, 4) is 11.5 Å². The molecule has 0 saturated carbocycles. The number of methoxy groups -OCH3 is 1. The van der Waals surface area contributed by atoms with Crippen LogP contribution in [0.2, 0.25) is 5.02 Å². The number of benzene rings is 2. The van der Waals surface area contributed by atoms with Crippen molar-refractivity contribution in [2.75, 3.05) is 20.3 Å². The van der Waals surface area contributed by atoms with Crippen molar-refractivity contribution in [3.63, 3.8) is 0 Å². The van der Waals surface area contributed by atoms with Crippen LogP contribution in [0, 0.1) is 0 Å². The van der Waals surface area contributed by atoms with E-state index in [0.717, 1.165) is 5.56 Å². The summed E-state index contributed by atoms with van der Waals surface area (Å²) >= 11 is 7.78. The van der Waals surface area contributed by atoms with E-state index in [1.165, 1.54) is 15.9 Å². The van der Waals surface area contributed by atoms with Crippen molar-refractivity contribution < 1.29 is 19.0 Å². The number of hydrogen-bond acceptors (Lipinski definition) is 7.